The highest BCUT2D eigenvalue weighted by atomic mass is 35.5. The number of nitrogens with zero attached hydrogens (tertiary/aromatic N) is 3. The minimum absolute atomic E-state index is 0.108. The molecule has 1 N–H and O–H groups in total. The predicted molar refractivity (Wildman–Crippen MR) is 81.6 cm³/mol. The van der Waals surface area contributed by atoms with Gasteiger partial charge in [0.25, 0.3) is 5.91 Å². The topological polar surface area (TPSA) is 79.5 Å². The summed E-state index contributed by atoms with van der Waals surface area (Å²) in [7, 11) is 1.54. The Kier molecular flexibility index (Phi) is 5.39. The fraction of sp³-hybridized carbons (Fsp3) is 0.357. The van der Waals surface area contributed by atoms with Crippen LogP contribution in [0.25, 0.3) is 0 Å². The third kappa shape index (κ3) is 3.97. The van der Waals surface area contributed by atoms with E-state index in [1.165, 1.54) is 30.1 Å². The lowest BCUT2D eigenvalue weighted by molar-refractivity contribution is -0.140. The number of aryl methyl sites for hydroxylation is 1. The van der Waals surface area contributed by atoms with Crippen molar-refractivity contribution >= 4 is 29.1 Å². The maximum Gasteiger partial charge on any atom is 0.256 e. The number of aliphatic hydroxyl groups is 1. The van der Waals surface area contributed by atoms with E-state index >= 15 is 0 Å². The second-order valence-electron chi connectivity index (χ2n) is 4.76. The molecule has 2 aromatic rings. The van der Waals surface area contributed by atoms with E-state index < -0.39 is 12.0 Å². The minimum atomic E-state index is -1.37. The van der Waals surface area contributed by atoms with E-state index in [2.05, 4.69) is 10.1 Å². The number of aliphatic hydroxyl groups excluding tert-OH is 1. The van der Waals surface area contributed by atoms with Crippen LogP contribution in [0.1, 0.15) is 30.3 Å². The van der Waals surface area contributed by atoms with Gasteiger partial charge >= 0.3 is 0 Å². The summed E-state index contributed by atoms with van der Waals surface area (Å²) >= 11 is 11.7. The van der Waals surface area contributed by atoms with Crippen LogP contribution in [0.15, 0.2) is 22.7 Å². The summed E-state index contributed by atoms with van der Waals surface area (Å²) in [6.45, 7) is 2.01. The van der Waals surface area contributed by atoms with Gasteiger partial charge in [0.1, 0.15) is 0 Å². The van der Waals surface area contributed by atoms with Crippen LogP contribution in [0.3, 0.4) is 0 Å². The van der Waals surface area contributed by atoms with Gasteiger partial charge in [-0.15, -0.1) is 0 Å². The van der Waals surface area contributed by atoms with Gasteiger partial charge in [-0.2, -0.15) is 4.98 Å². The molecule has 22 heavy (non-hydrogen) atoms. The second kappa shape index (κ2) is 7.09. The molecule has 8 heteroatoms. The van der Waals surface area contributed by atoms with E-state index in [0.29, 0.717) is 33.7 Å². The molecule has 0 fully saturated rings. The van der Waals surface area contributed by atoms with Crippen molar-refractivity contribution in [3.8, 4) is 0 Å². The Hall–Kier alpha value is -1.63. The molecule has 0 saturated heterocycles. The zero-order valence-electron chi connectivity index (χ0n) is 12.1. The quantitative estimate of drug-likeness (QED) is 0.902. The first kappa shape index (κ1) is 16.7. The van der Waals surface area contributed by atoms with E-state index in [9.17, 15) is 9.90 Å². The number of hydrogen-bond donors (Lipinski definition) is 1. The second-order valence-corrected chi connectivity index (χ2v) is 5.63. The molecule has 0 radical (unpaired) electrons. The van der Waals surface area contributed by atoms with Crippen molar-refractivity contribution in [2.45, 2.75) is 26.0 Å². The monoisotopic (exact) mass is 343 g/mol. The van der Waals surface area contributed by atoms with Gasteiger partial charge in [0.05, 0.1) is 6.54 Å². The summed E-state index contributed by atoms with van der Waals surface area (Å²) in [4.78, 5) is 17.7. The van der Waals surface area contributed by atoms with Crippen molar-refractivity contribution in [3.63, 3.8) is 0 Å². The summed E-state index contributed by atoms with van der Waals surface area (Å²) in [5.41, 5.74) is 0.328. The van der Waals surface area contributed by atoms with Crippen LogP contribution in [0.5, 0.6) is 0 Å². The largest absolute Gasteiger partial charge is 0.378 e. The normalized spacial score (nSPS) is 12.2. The molecule has 2 rings (SSSR count). The molecular formula is C14H15Cl2N3O3. The Morgan fingerprint density at radius 2 is 2.00 bits per heavy atom. The molecule has 1 heterocycles. The predicted octanol–water partition coefficient (Wildman–Crippen LogP) is 2.63. The summed E-state index contributed by atoms with van der Waals surface area (Å²) in [6.07, 6.45) is -0.722. The number of halogens is 2. The molecule has 0 aliphatic heterocycles. The third-order valence-electron chi connectivity index (χ3n) is 3.01. The van der Waals surface area contributed by atoms with Gasteiger partial charge in [0.2, 0.25) is 5.89 Å². The van der Waals surface area contributed by atoms with E-state index in [0.717, 1.165) is 0 Å². The average molecular weight is 344 g/mol. The van der Waals surface area contributed by atoms with Crippen molar-refractivity contribution in [3.05, 3.63) is 45.5 Å². The third-order valence-corrected chi connectivity index (χ3v) is 3.45. The Bertz CT molecular complexity index is 655. The first-order valence-electron chi connectivity index (χ1n) is 6.61. The number of carbonyl (C=O) groups excluding carboxylic acids is 1. The molecule has 1 amide bonds. The van der Waals surface area contributed by atoms with Crippen LogP contribution < -0.4 is 0 Å². The number of likely N-dealkylation sites (N-methyl/N-ethyl adjacent to an activating group) is 1. The van der Waals surface area contributed by atoms with E-state index in [4.69, 9.17) is 27.7 Å². The summed E-state index contributed by atoms with van der Waals surface area (Å²) in [5, 5.41) is 14.6. The van der Waals surface area contributed by atoms with Crippen LogP contribution >= 0.6 is 23.2 Å². The lowest BCUT2D eigenvalue weighted by Crippen LogP contribution is -2.31. The zero-order valence-corrected chi connectivity index (χ0v) is 13.6. The van der Waals surface area contributed by atoms with Gasteiger partial charge < -0.3 is 14.5 Å². The summed E-state index contributed by atoms with van der Waals surface area (Å²) < 4.78 is 5.02. The number of benzene rings is 1. The standard InChI is InChI=1S/C14H15Cl2N3O3/c1-3-11-17-12(22-18-11)7-19(2)14(21)13(20)8-4-9(15)6-10(16)5-8/h4-6,13,20H,3,7H2,1-2H3. The zero-order chi connectivity index (χ0) is 16.3. The highest BCUT2D eigenvalue weighted by Crippen LogP contribution is 2.24. The molecule has 0 aliphatic rings. The Morgan fingerprint density at radius 1 is 1.36 bits per heavy atom. The summed E-state index contributed by atoms with van der Waals surface area (Å²) in [5.74, 6) is 0.358. The molecule has 0 aliphatic carbocycles. The number of aromatic nitrogens is 2. The maximum atomic E-state index is 12.2. The van der Waals surface area contributed by atoms with Gasteiger partial charge in [-0.1, -0.05) is 35.3 Å². The van der Waals surface area contributed by atoms with Gasteiger partial charge in [-0.25, -0.2) is 0 Å². The van der Waals surface area contributed by atoms with E-state index in [-0.39, 0.29) is 6.54 Å². The SMILES string of the molecule is CCc1noc(CN(C)C(=O)C(O)c2cc(Cl)cc(Cl)c2)n1. The van der Waals surface area contributed by atoms with Gasteiger partial charge in [-0.3, -0.25) is 4.79 Å². The highest BCUT2D eigenvalue weighted by molar-refractivity contribution is 6.34. The lowest BCUT2D eigenvalue weighted by atomic mass is 10.1. The van der Waals surface area contributed by atoms with Crippen LogP contribution in [0.2, 0.25) is 10.0 Å². The van der Waals surface area contributed by atoms with Crippen LogP contribution in [0.4, 0.5) is 0 Å². The van der Waals surface area contributed by atoms with Crippen LogP contribution in [-0.2, 0) is 17.8 Å². The minimum Gasteiger partial charge on any atom is -0.378 e. The molecule has 1 aromatic heterocycles. The van der Waals surface area contributed by atoms with Crippen molar-refractivity contribution in [1.29, 1.82) is 0 Å². The first-order valence-corrected chi connectivity index (χ1v) is 7.36. The van der Waals surface area contributed by atoms with Crippen LogP contribution in [0, 0.1) is 0 Å². The average Bonchev–Trinajstić information content (AvgIpc) is 2.92. The summed E-state index contributed by atoms with van der Waals surface area (Å²) in [6, 6.07) is 4.51. The number of amides is 1. The molecular weight excluding hydrogens is 329 g/mol. The first-order chi connectivity index (χ1) is 10.4. The number of hydrogen-bond acceptors (Lipinski definition) is 5. The van der Waals surface area contributed by atoms with Crippen molar-refractivity contribution in [2.75, 3.05) is 7.05 Å². The molecule has 0 bridgehead atoms. The fourth-order valence-corrected chi connectivity index (χ4v) is 2.41. The van der Waals surface area contributed by atoms with Gasteiger partial charge in [0, 0.05) is 23.5 Å². The number of carbonyl (C=O) groups is 1. The molecule has 0 spiro atoms. The lowest BCUT2D eigenvalue weighted by Gasteiger charge is -2.19. The van der Waals surface area contributed by atoms with E-state index in [1.807, 2.05) is 6.92 Å². The molecule has 1 unspecified atom stereocenters. The van der Waals surface area contributed by atoms with Crippen molar-refractivity contribution in [2.24, 2.45) is 0 Å². The Morgan fingerprint density at radius 3 is 2.55 bits per heavy atom. The number of rotatable bonds is 5. The Balaban J connectivity index is 2.08. The Labute approximate surface area is 137 Å². The van der Waals surface area contributed by atoms with Crippen molar-refractivity contribution < 1.29 is 14.4 Å². The molecule has 6 nitrogen and oxygen atoms in total. The maximum absolute atomic E-state index is 12.2. The van der Waals surface area contributed by atoms with Crippen molar-refractivity contribution in [1.82, 2.24) is 15.0 Å². The van der Waals surface area contributed by atoms with E-state index in [1.54, 1.807) is 0 Å². The van der Waals surface area contributed by atoms with Gasteiger partial charge in [-0.05, 0) is 23.8 Å². The van der Waals surface area contributed by atoms with Gasteiger partial charge in [0.15, 0.2) is 11.9 Å². The molecule has 1 atom stereocenters. The highest BCUT2D eigenvalue weighted by Gasteiger charge is 2.23. The molecule has 118 valence electrons. The fourth-order valence-electron chi connectivity index (χ4n) is 1.86. The molecule has 1 aromatic carbocycles. The smallest absolute Gasteiger partial charge is 0.256 e. The molecule has 0 saturated carbocycles. The van der Waals surface area contributed by atoms with Crippen LogP contribution in [-0.4, -0.2) is 33.1 Å².